The molecule has 2 aromatic carbocycles. The second kappa shape index (κ2) is 7.74. The van der Waals surface area contributed by atoms with E-state index in [4.69, 9.17) is 9.57 Å². The lowest BCUT2D eigenvalue weighted by Crippen LogP contribution is -2.07. The zero-order valence-electron chi connectivity index (χ0n) is 14.3. The standard InChI is InChI=1S/C19H21NO6/c1-25-18-3-2-11(6-17(18)24)16-7-19(26-20-16)12-4-13(8-21)15(10-23)14(5-12)9-22/h2-6,19,21-24H,7-10H2,1H3. The summed E-state index contributed by atoms with van der Waals surface area (Å²) in [5, 5.41) is 42.6. The van der Waals surface area contributed by atoms with Gasteiger partial charge in [0.2, 0.25) is 0 Å². The van der Waals surface area contributed by atoms with E-state index in [2.05, 4.69) is 5.16 Å². The number of phenols is 1. The molecule has 0 spiro atoms. The molecule has 1 aliphatic rings. The molecule has 4 N–H and O–H groups in total. The van der Waals surface area contributed by atoms with Crippen molar-refractivity contribution in [1.29, 1.82) is 0 Å². The van der Waals surface area contributed by atoms with Crippen LogP contribution in [0.3, 0.4) is 0 Å². The summed E-state index contributed by atoms with van der Waals surface area (Å²) in [6.45, 7) is -0.752. The van der Waals surface area contributed by atoms with E-state index >= 15 is 0 Å². The van der Waals surface area contributed by atoms with Crippen molar-refractivity contribution < 1.29 is 30.0 Å². The van der Waals surface area contributed by atoms with Gasteiger partial charge in [-0.05, 0) is 52.6 Å². The van der Waals surface area contributed by atoms with Crippen LogP contribution < -0.4 is 4.74 Å². The third-order valence-electron chi connectivity index (χ3n) is 4.51. The third-order valence-corrected chi connectivity index (χ3v) is 4.51. The lowest BCUT2D eigenvalue weighted by molar-refractivity contribution is 0.0854. The highest BCUT2D eigenvalue weighted by Gasteiger charge is 2.26. The zero-order valence-corrected chi connectivity index (χ0v) is 14.3. The Morgan fingerprint density at radius 3 is 2.31 bits per heavy atom. The number of benzene rings is 2. The second-order valence-corrected chi connectivity index (χ2v) is 6.01. The summed E-state index contributed by atoms with van der Waals surface area (Å²) in [6, 6.07) is 8.51. The molecule has 2 aromatic rings. The molecule has 0 radical (unpaired) electrons. The molecule has 3 rings (SSSR count). The molecule has 0 fully saturated rings. The highest BCUT2D eigenvalue weighted by molar-refractivity contribution is 6.01. The van der Waals surface area contributed by atoms with Gasteiger partial charge in [0.05, 0.1) is 32.6 Å². The Balaban J connectivity index is 1.85. The molecule has 0 saturated carbocycles. The summed E-state index contributed by atoms with van der Waals surface area (Å²) >= 11 is 0. The van der Waals surface area contributed by atoms with Crippen LogP contribution in [0.5, 0.6) is 11.5 Å². The minimum atomic E-state index is -0.377. The normalized spacial score (nSPS) is 16.3. The lowest BCUT2D eigenvalue weighted by atomic mass is 9.93. The van der Waals surface area contributed by atoms with E-state index in [0.29, 0.717) is 34.6 Å². The molecule has 138 valence electrons. The lowest BCUT2D eigenvalue weighted by Gasteiger charge is -2.16. The molecule has 1 unspecified atom stereocenters. The van der Waals surface area contributed by atoms with Crippen molar-refractivity contribution in [3.63, 3.8) is 0 Å². The molecule has 0 bridgehead atoms. The fraction of sp³-hybridized carbons (Fsp3) is 0.316. The van der Waals surface area contributed by atoms with E-state index in [1.54, 1.807) is 30.3 Å². The van der Waals surface area contributed by atoms with Crippen LogP contribution in [0.2, 0.25) is 0 Å². The molecule has 0 saturated heterocycles. The van der Waals surface area contributed by atoms with Gasteiger partial charge >= 0.3 is 0 Å². The molecule has 1 aliphatic heterocycles. The molecule has 0 amide bonds. The Kier molecular flexibility index (Phi) is 5.41. The molecular formula is C19H21NO6. The first kappa shape index (κ1) is 18.2. The van der Waals surface area contributed by atoms with Crippen molar-refractivity contribution in [2.75, 3.05) is 7.11 Å². The monoisotopic (exact) mass is 359 g/mol. The largest absolute Gasteiger partial charge is 0.504 e. The molecule has 0 aliphatic carbocycles. The molecule has 1 atom stereocenters. The minimum Gasteiger partial charge on any atom is -0.504 e. The Morgan fingerprint density at radius 1 is 1.08 bits per heavy atom. The van der Waals surface area contributed by atoms with Crippen LogP contribution in [0.4, 0.5) is 0 Å². The van der Waals surface area contributed by atoms with Crippen molar-refractivity contribution in [3.05, 3.63) is 58.1 Å². The fourth-order valence-electron chi connectivity index (χ4n) is 3.09. The quantitative estimate of drug-likeness (QED) is 0.625. The Bertz CT molecular complexity index is 808. The molecule has 7 heteroatoms. The van der Waals surface area contributed by atoms with Gasteiger partial charge < -0.3 is 30.0 Å². The van der Waals surface area contributed by atoms with Crippen LogP contribution in [-0.2, 0) is 24.7 Å². The van der Waals surface area contributed by atoms with E-state index in [9.17, 15) is 20.4 Å². The number of aromatic hydroxyl groups is 1. The van der Waals surface area contributed by atoms with Crippen molar-refractivity contribution in [1.82, 2.24) is 0 Å². The Labute approximate surface area is 150 Å². The number of hydrogen-bond acceptors (Lipinski definition) is 7. The van der Waals surface area contributed by atoms with Crippen LogP contribution in [0.25, 0.3) is 0 Å². The van der Waals surface area contributed by atoms with Crippen LogP contribution in [0, 0.1) is 0 Å². The number of ether oxygens (including phenoxy) is 1. The van der Waals surface area contributed by atoms with Gasteiger partial charge in [0.1, 0.15) is 0 Å². The Hall–Kier alpha value is -2.61. The van der Waals surface area contributed by atoms with E-state index in [0.717, 1.165) is 11.1 Å². The number of aliphatic hydroxyl groups excluding tert-OH is 3. The minimum absolute atomic E-state index is 0.0218. The van der Waals surface area contributed by atoms with Crippen LogP contribution >= 0.6 is 0 Å². The van der Waals surface area contributed by atoms with E-state index in [-0.39, 0.29) is 31.7 Å². The van der Waals surface area contributed by atoms with Gasteiger partial charge in [-0.25, -0.2) is 0 Å². The molecular weight excluding hydrogens is 338 g/mol. The smallest absolute Gasteiger partial charge is 0.160 e. The number of rotatable bonds is 6. The van der Waals surface area contributed by atoms with Gasteiger partial charge in [-0.2, -0.15) is 0 Å². The zero-order chi connectivity index (χ0) is 18.7. The van der Waals surface area contributed by atoms with Gasteiger partial charge in [-0.15, -0.1) is 0 Å². The number of nitrogens with zero attached hydrogens (tertiary/aromatic N) is 1. The van der Waals surface area contributed by atoms with Crippen LogP contribution in [-0.4, -0.2) is 33.2 Å². The van der Waals surface area contributed by atoms with Crippen molar-refractivity contribution in [3.8, 4) is 11.5 Å². The van der Waals surface area contributed by atoms with E-state index in [1.165, 1.54) is 7.11 Å². The molecule has 1 heterocycles. The van der Waals surface area contributed by atoms with Gasteiger partial charge in [0, 0.05) is 12.0 Å². The van der Waals surface area contributed by atoms with Gasteiger partial charge in [-0.3, -0.25) is 0 Å². The first-order valence-corrected chi connectivity index (χ1v) is 8.18. The first-order valence-electron chi connectivity index (χ1n) is 8.18. The highest BCUT2D eigenvalue weighted by Crippen LogP contribution is 2.34. The second-order valence-electron chi connectivity index (χ2n) is 6.01. The summed E-state index contributed by atoms with van der Waals surface area (Å²) in [5.41, 5.74) is 3.78. The number of phenolic OH excluding ortho intramolecular Hbond substituents is 1. The average molecular weight is 359 g/mol. The maximum absolute atomic E-state index is 9.93. The number of aliphatic hydroxyl groups is 3. The van der Waals surface area contributed by atoms with Crippen molar-refractivity contribution in [2.24, 2.45) is 5.16 Å². The summed E-state index contributed by atoms with van der Waals surface area (Å²) in [6.07, 6.45) is 0.0950. The SMILES string of the molecule is COc1ccc(C2=NOC(c3cc(CO)c(CO)c(CO)c3)C2)cc1O. The molecule has 7 nitrogen and oxygen atoms in total. The fourth-order valence-corrected chi connectivity index (χ4v) is 3.09. The number of oxime groups is 1. The van der Waals surface area contributed by atoms with Crippen molar-refractivity contribution in [2.45, 2.75) is 32.3 Å². The molecule has 0 aromatic heterocycles. The summed E-state index contributed by atoms with van der Waals surface area (Å²) < 4.78 is 5.04. The topological polar surface area (TPSA) is 112 Å². The highest BCUT2D eigenvalue weighted by atomic mass is 16.6. The summed E-state index contributed by atoms with van der Waals surface area (Å²) in [7, 11) is 1.48. The predicted molar refractivity (Wildman–Crippen MR) is 93.8 cm³/mol. The van der Waals surface area contributed by atoms with E-state index in [1.807, 2.05) is 0 Å². The van der Waals surface area contributed by atoms with Gasteiger partial charge in [0.15, 0.2) is 17.6 Å². The number of hydrogen-bond donors (Lipinski definition) is 4. The maximum atomic E-state index is 9.93. The third kappa shape index (κ3) is 3.37. The summed E-state index contributed by atoms with van der Waals surface area (Å²) in [4.78, 5) is 5.52. The van der Waals surface area contributed by atoms with Crippen molar-refractivity contribution >= 4 is 5.71 Å². The molecule has 26 heavy (non-hydrogen) atoms. The predicted octanol–water partition coefficient (Wildman–Crippen LogP) is 1.74. The van der Waals surface area contributed by atoms with Gasteiger partial charge in [-0.1, -0.05) is 5.16 Å². The first-order chi connectivity index (χ1) is 12.6. The average Bonchev–Trinajstić information content (AvgIpc) is 3.16. The van der Waals surface area contributed by atoms with E-state index < -0.39 is 0 Å². The number of methoxy groups -OCH3 is 1. The summed E-state index contributed by atoms with van der Waals surface area (Å²) in [5.74, 6) is 0.401. The van der Waals surface area contributed by atoms with Crippen LogP contribution in [0.15, 0.2) is 35.5 Å². The van der Waals surface area contributed by atoms with Gasteiger partial charge in [0.25, 0.3) is 0 Å². The van der Waals surface area contributed by atoms with Crippen LogP contribution in [0.1, 0.15) is 40.3 Å². The maximum Gasteiger partial charge on any atom is 0.160 e. The Morgan fingerprint density at radius 2 is 1.77 bits per heavy atom.